The Morgan fingerprint density at radius 3 is 2.96 bits per heavy atom. The van der Waals surface area contributed by atoms with E-state index in [4.69, 9.17) is 4.74 Å². The molecule has 4 nitrogen and oxygen atoms in total. The first kappa shape index (κ1) is 18.7. The summed E-state index contributed by atoms with van der Waals surface area (Å²) in [4.78, 5) is 2.33. The number of aromatic nitrogens is 2. The molecule has 146 valence electrons. The number of aromatic amines is 1. The van der Waals surface area contributed by atoms with Gasteiger partial charge in [-0.15, -0.1) is 0 Å². The molecule has 1 fully saturated rings. The minimum absolute atomic E-state index is 0.176. The topological polar surface area (TPSA) is 41.1 Å². The Morgan fingerprint density at radius 1 is 1.25 bits per heavy atom. The Kier molecular flexibility index (Phi) is 5.44. The smallest absolute Gasteiger partial charge is 0.127 e. The second-order valence-electron chi connectivity index (χ2n) is 7.60. The predicted octanol–water partition coefficient (Wildman–Crippen LogP) is 4.91. The van der Waals surface area contributed by atoms with Crippen molar-refractivity contribution in [3.05, 3.63) is 71.3 Å². The van der Waals surface area contributed by atoms with Crippen molar-refractivity contribution in [2.75, 3.05) is 20.2 Å². The number of aryl methyl sites for hydroxylation is 1. The van der Waals surface area contributed by atoms with Crippen LogP contribution in [0.15, 0.2) is 48.7 Å². The number of hydrogen-bond acceptors (Lipinski definition) is 3. The van der Waals surface area contributed by atoms with Crippen molar-refractivity contribution in [2.24, 2.45) is 0 Å². The minimum Gasteiger partial charge on any atom is -0.497 e. The molecule has 0 amide bonds. The first-order valence-corrected chi connectivity index (χ1v) is 9.79. The molecule has 0 spiro atoms. The zero-order valence-electron chi connectivity index (χ0n) is 16.4. The van der Waals surface area contributed by atoms with Crippen LogP contribution < -0.4 is 4.74 Å². The summed E-state index contributed by atoms with van der Waals surface area (Å²) in [7, 11) is 1.61. The standard InChI is InChI=1S/C23H26FN3O/c1-16-5-3-6-17(11-16)21-13-25-26-23(21)18-7-4-10-27(14-18)15-19-12-20(28-2)8-9-22(19)24/h3,5-6,8-9,11-13,18H,4,7,10,14-15H2,1-2H3,(H,25,26)/t18-/m1/s1. The molecule has 0 aliphatic carbocycles. The predicted molar refractivity (Wildman–Crippen MR) is 109 cm³/mol. The molecule has 0 saturated carbocycles. The fraction of sp³-hybridized carbons (Fsp3) is 0.348. The molecular weight excluding hydrogens is 353 g/mol. The summed E-state index contributed by atoms with van der Waals surface area (Å²) in [5, 5.41) is 7.57. The molecule has 2 heterocycles. The van der Waals surface area contributed by atoms with Crippen molar-refractivity contribution >= 4 is 0 Å². The average molecular weight is 379 g/mol. The third-order valence-corrected chi connectivity index (χ3v) is 5.56. The Hall–Kier alpha value is -2.66. The summed E-state index contributed by atoms with van der Waals surface area (Å²) < 4.78 is 19.5. The highest BCUT2D eigenvalue weighted by molar-refractivity contribution is 5.66. The molecule has 1 saturated heterocycles. The van der Waals surface area contributed by atoms with Crippen molar-refractivity contribution in [2.45, 2.75) is 32.2 Å². The molecule has 1 aliphatic rings. The van der Waals surface area contributed by atoms with Gasteiger partial charge in [-0.3, -0.25) is 10.00 Å². The van der Waals surface area contributed by atoms with Gasteiger partial charge >= 0.3 is 0 Å². The third-order valence-electron chi connectivity index (χ3n) is 5.56. The number of likely N-dealkylation sites (tertiary alicyclic amines) is 1. The highest BCUT2D eigenvalue weighted by Crippen LogP contribution is 2.34. The third kappa shape index (κ3) is 3.94. The van der Waals surface area contributed by atoms with Crippen LogP contribution in [0.25, 0.3) is 11.1 Å². The SMILES string of the molecule is COc1ccc(F)c(CN2CCC[C@@H](c3[nH]ncc3-c3cccc(C)c3)C2)c1. The van der Waals surface area contributed by atoms with Crippen molar-refractivity contribution in [1.82, 2.24) is 15.1 Å². The number of benzene rings is 2. The molecule has 0 unspecified atom stereocenters. The van der Waals surface area contributed by atoms with Crippen molar-refractivity contribution < 1.29 is 9.13 Å². The largest absolute Gasteiger partial charge is 0.497 e. The quantitative estimate of drug-likeness (QED) is 0.685. The van der Waals surface area contributed by atoms with Gasteiger partial charge in [-0.1, -0.05) is 29.8 Å². The Balaban J connectivity index is 1.53. The van der Waals surface area contributed by atoms with Gasteiger partial charge in [0.1, 0.15) is 11.6 Å². The number of nitrogens with zero attached hydrogens (tertiary/aromatic N) is 2. The van der Waals surface area contributed by atoms with Crippen LogP contribution in [0.5, 0.6) is 5.75 Å². The second kappa shape index (κ2) is 8.15. The molecule has 1 aliphatic heterocycles. The van der Waals surface area contributed by atoms with Gasteiger partial charge in [-0.25, -0.2) is 4.39 Å². The molecule has 1 aromatic heterocycles. The van der Waals surface area contributed by atoms with Gasteiger partial charge < -0.3 is 4.74 Å². The number of piperidine rings is 1. The highest BCUT2D eigenvalue weighted by atomic mass is 19.1. The van der Waals surface area contributed by atoms with Crippen LogP contribution >= 0.6 is 0 Å². The van der Waals surface area contributed by atoms with Crippen LogP contribution in [0.4, 0.5) is 4.39 Å². The zero-order valence-corrected chi connectivity index (χ0v) is 16.4. The molecule has 0 bridgehead atoms. The fourth-order valence-corrected chi connectivity index (χ4v) is 4.12. The molecule has 28 heavy (non-hydrogen) atoms. The molecule has 3 aromatic rings. The second-order valence-corrected chi connectivity index (χ2v) is 7.60. The molecule has 4 rings (SSSR count). The summed E-state index contributed by atoms with van der Waals surface area (Å²) in [6, 6.07) is 13.5. The maximum atomic E-state index is 14.3. The van der Waals surface area contributed by atoms with Crippen molar-refractivity contribution in [3.63, 3.8) is 0 Å². The number of rotatable bonds is 5. The maximum Gasteiger partial charge on any atom is 0.127 e. The Labute approximate surface area is 165 Å². The van der Waals surface area contributed by atoms with E-state index in [1.165, 1.54) is 28.5 Å². The van der Waals surface area contributed by atoms with Crippen LogP contribution in [-0.2, 0) is 6.54 Å². The number of nitrogens with one attached hydrogen (secondary N) is 1. The minimum atomic E-state index is -0.176. The van der Waals surface area contributed by atoms with Gasteiger partial charge in [-0.05, 0) is 50.1 Å². The monoisotopic (exact) mass is 379 g/mol. The van der Waals surface area contributed by atoms with E-state index in [1.54, 1.807) is 19.2 Å². The molecule has 5 heteroatoms. The van der Waals surface area contributed by atoms with Crippen LogP contribution in [0, 0.1) is 12.7 Å². The van der Waals surface area contributed by atoms with Crippen molar-refractivity contribution in [3.8, 4) is 16.9 Å². The molecule has 1 N–H and O–H groups in total. The highest BCUT2D eigenvalue weighted by Gasteiger charge is 2.25. The first-order chi connectivity index (χ1) is 13.6. The summed E-state index contributed by atoms with van der Waals surface area (Å²) >= 11 is 0. The lowest BCUT2D eigenvalue weighted by Gasteiger charge is -2.32. The van der Waals surface area contributed by atoms with E-state index in [0.717, 1.165) is 25.9 Å². The van der Waals surface area contributed by atoms with E-state index >= 15 is 0 Å². The normalized spacial score (nSPS) is 17.6. The van der Waals surface area contributed by atoms with E-state index in [9.17, 15) is 4.39 Å². The van der Waals surface area contributed by atoms with Gasteiger partial charge in [0.15, 0.2) is 0 Å². The van der Waals surface area contributed by atoms with E-state index in [1.807, 2.05) is 6.20 Å². The Morgan fingerprint density at radius 2 is 2.14 bits per heavy atom. The Bertz CT molecular complexity index is 953. The van der Waals surface area contributed by atoms with Crippen molar-refractivity contribution in [1.29, 1.82) is 0 Å². The van der Waals surface area contributed by atoms with E-state index < -0.39 is 0 Å². The van der Waals surface area contributed by atoms with Crippen LogP contribution in [0.1, 0.15) is 35.6 Å². The molecule has 2 aromatic carbocycles. The van der Waals surface area contributed by atoms with Gasteiger partial charge in [-0.2, -0.15) is 5.10 Å². The van der Waals surface area contributed by atoms with Crippen LogP contribution in [0.3, 0.4) is 0 Å². The van der Waals surface area contributed by atoms with Gasteiger partial charge in [0, 0.05) is 35.8 Å². The summed E-state index contributed by atoms with van der Waals surface area (Å²) in [5.41, 5.74) is 5.47. The van der Waals surface area contributed by atoms with E-state index in [-0.39, 0.29) is 5.82 Å². The zero-order chi connectivity index (χ0) is 19.5. The van der Waals surface area contributed by atoms with Gasteiger partial charge in [0.2, 0.25) is 0 Å². The van der Waals surface area contributed by atoms with Gasteiger partial charge in [0.25, 0.3) is 0 Å². The number of hydrogen-bond donors (Lipinski definition) is 1. The van der Waals surface area contributed by atoms with E-state index in [0.29, 0.717) is 23.8 Å². The number of ether oxygens (including phenoxy) is 1. The lowest BCUT2D eigenvalue weighted by molar-refractivity contribution is 0.196. The first-order valence-electron chi connectivity index (χ1n) is 9.79. The lowest BCUT2D eigenvalue weighted by Crippen LogP contribution is -2.34. The van der Waals surface area contributed by atoms with E-state index in [2.05, 4.69) is 46.3 Å². The molecular formula is C23H26FN3O. The van der Waals surface area contributed by atoms with Gasteiger partial charge in [0.05, 0.1) is 13.3 Å². The maximum absolute atomic E-state index is 14.3. The number of halogens is 1. The molecule has 0 radical (unpaired) electrons. The fourth-order valence-electron chi connectivity index (χ4n) is 4.12. The molecule has 1 atom stereocenters. The van der Waals surface area contributed by atoms with Crippen LogP contribution in [-0.4, -0.2) is 35.3 Å². The number of H-pyrrole nitrogens is 1. The lowest BCUT2D eigenvalue weighted by atomic mass is 9.90. The van der Waals surface area contributed by atoms with Crippen LogP contribution in [0.2, 0.25) is 0 Å². The average Bonchev–Trinajstić information content (AvgIpc) is 3.20. The number of methoxy groups -OCH3 is 1. The summed E-state index contributed by atoms with van der Waals surface area (Å²) in [6.07, 6.45) is 4.12. The summed E-state index contributed by atoms with van der Waals surface area (Å²) in [6.45, 7) is 4.56. The summed E-state index contributed by atoms with van der Waals surface area (Å²) in [5.74, 6) is 0.880.